The average molecular weight is 214 g/mol. The Morgan fingerprint density at radius 3 is 2.47 bits per heavy atom. The number of nitrogens with one attached hydrogen (secondary N) is 1. The van der Waals surface area contributed by atoms with E-state index in [-0.39, 0.29) is 0 Å². The lowest BCUT2D eigenvalue weighted by atomic mass is 9.87. The molecule has 2 unspecified atom stereocenters. The Labute approximate surface area is 93.0 Å². The van der Waals surface area contributed by atoms with Crippen LogP contribution in [-0.4, -0.2) is 25.3 Å². The van der Waals surface area contributed by atoms with Gasteiger partial charge in [-0.3, -0.25) is 0 Å². The van der Waals surface area contributed by atoms with Crippen LogP contribution >= 0.6 is 0 Å². The van der Waals surface area contributed by atoms with Gasteiger partial charge >= 0.3 is 0 Å². The first kappa shape index (κ1) is 11.4. The summed E-state index contributed by atoms with van der Waals surface area (Å²) in [7, 11) is 0. The van der Waals surface area contributed by atoms with Gasteiger partial charge in [-0.2, -0.15) is 0 Å². The zero-order chi connectivity index (χ0) is 10.7. The van der Waals surface area contributed by atoms with Crippen molar-refractivity contribution < 1.29 is 9.29 Å². The third-order valence-electron chi connectivity index (χ3n) is 4.41. The number of alkyl halides is 1. The van der Waals surface area contributed by atoms with Crippen molar-refractivity contribution in [1.82, 2.24) is 0 Å². The van der Waals surface area contributed by atoms with E-state index < -0.39 is 6.17 Å². The molecule has 2 fully saturated rings. The van der Waals surface area contributed by atoms with Gasteiger partial charge in [0.1, 0.15) is 6.17 Å². The molecule has 1 nitrogen and oxygen atoms in total. The number of piperidine rings is 1. The molecule has 0 aromatic rings. The largest absolute Gasteiger partial charge is 0.333 e. The fourth-order valence-corrected chi connectivity index (χ4v) is 3.25. The van der Waals surface area contributed by atoms with Crippen LogP contribution in [0.2, 0.25) is 0 Å². The van der Waals surface area contributed by atoms with Crippen LogP contribution in [0.5, 0.6) is 0 Å². The smallest absolute Gasteiger partial charge is 0.100 e. The van der Waals surface area contributed by atoms with Crippen LogP contribution in [0.3, 0.4) is 0 Å². The molecule has 15 heavy (non-hydrogen) atoms. The molecule has 0 amide bonds. The topological polar surface area (TPSA) is 4.44 Å². The van der Waals surface area contributed by atoms with Gasteiger partial charge in [0.2, 0.25) is 0 Å². The molecule has 0 bridgehead atoms. The summed E-state index contributed by atoms with van der Waals surface area (Å²) >= 11 is 0. The van der Waals surface area contributed by atoms with Crippen LogP contribution in [0.1, 0.15) is 51.9 Å². The molecule has 2 rings (SSSR count). The van der Waals surface area contributed by atoms with Gasteiger partial charge in [0, 0.05) is 5.92 Å². The molecule has 1 heterocycles. The maximum atomic E-state index is 13.0. The van der Waals surface area contributed by atoms with Gasteiger partial charge in [-0.1, -0.05) is 0 Å². The Balaban J connectivity index is 1.75. The molecular formula is C13H25FN+. The van der Waals surface area contributed by atoms with Crippen molar-refractivity contribution in [2.24, 2.45) is 5.92 Å². The molecule has 1 aliphatic carbocycles. The monoisotopic (exact) mass is 214 g/mol. The van der Waals surface area contributed by atoms with E-state index >= 15 is 0 Å². The van der Waals surface area contributed by atoms with E-state index in [1.165, 1.54) is 32.4 Å². The van der Waals surface area contributed by atoms with Crippen LogP contribution in [-0.2, 0) is 0 Å². The molecule has 2 heteroatoms. The molecule has 0 aromatic carbocycles. The van der Waals surface area contributed by atoms with Crippen molar-refractivity contribution in [2.75, 3.05) is 13.1 Å². The lowest BCUT2D eigenvalue weighted by Gasteiger charge is -2.34. The Morgan fingerprint density at radius 1 is 1.07 bits per heavy atom. The van der Waals surface area contributed by atoms with Crippen molar-refractivity contribution in [1.29, 1.82) is 0 Å². The minimum Gasteiger partial charge on any atom is -0.333 e. The maximum absolute atomic E-state index is 13.0. The summed E-state index contributed by atoms with van der Waals surface area (Å²) in [6, 6.07) is 0.849. The average Bonchev–Trinajstić information content (AvgIpc) is 2.25. The third-order valence-corrected chi connectivity index (χ3v) is 4.41. The molecule has 1 N–H and O–H groups in total. The zero-order valence-corrected chi connectivity index (χ0v) is 9.97. The van der Waals surface area contributed by atoms with E-state index in [9.17, 15) is 4.39 Å². The Morgan fingerprint density at radius 2 is 1.80 bits per heavy atom. The van der Waals surface area contributed by atoms with E-state index in [0.717, 1.165) is 37.6 Å². The fourth-order valence-electron chi connectivity index (χ4n) is 3.25. The molecule has 1 aliphatic heterocycles. The summed E-state index contributed by atoms with van der Waals surface area (Å²) < 4.78 is 13.0. The summed E-state index contributed by atoms with van der Waals surface area (Å²) in [5.74, 6) is 0.813. The van der Waals surface area contributed by atoms with Crippen LogP contribution in [0.4, 0.5) is 4.39 Å². The number of hydrogen-bond acceptors (Lipinski definition) is 0. The number of rotatable bonds is 2. The number of halogens is 1. The van der Waals surface area contributed by atoms with Gasteiger partial charge in [-0.25, -0.2) is 4.39 Å². The number of quaternary nitrogens is 1. The lowest BCUT2D eigenvalue weighted by molar-refractivity contribution is -0.932. The second-order valence-corrected chi connectivity index (χ2v) is 5.63. The summed E-state index contributed by atoms with van der Waals surface area (Å²) in [4.78, 5) is 1.79. The number of likely N-dealkylation sites (tertiary alicyclic amines) is 1. The second-order valence-electron chi connectivity index (χ2n) is 5.63. The van der Waals surface area contributed by atoms with Gasteiger partial charge < -0.3 is 4.90 Å². The van der Waals surface area contributed by atoms with Gasteiger partial charge in [-0.15, -0.1) is 0 Å². The van der Waals surface area contributed by atoms with Crippen LogP contribution in [0.25, 0.3) is 0 Å². The van der Waals surface area contributed by atoms with Crippen molar-refractivity contribution in [3.05, 3.63) is 0 Å². The van der Waals surface area contributed by atoms with Crippen LogP contribution in [0.15, 0.2) is 0 Å². The molecule has 2 atom stereocenters. The number of hydrogen-bond donors (Lipinski definition) is 1. The first-order chi connectivity index (χ1) is 7.25. The molecular weight excluding hydrogens is 189 g/mol. The molecule has 0 spiro atoms. The van der Waals surface area contributed by atoms with E-state index in [1.807, 2.05) is 0 Å². The highest BCUT2D eigenvalue weighted by Crippen LogP contribution is 2.25. The quantitative estimate of drug-likeness (QED) is 0.717. The van der Waals surface area contributed by atoms with Gasteiger partial charge in [0.05, 0.1) is 19.1 Å². The second kappa shape index (κ2) is 5.29. The summed E-state index contributed by atoms with van der Waals surface area (Å²) in [5.41, 5.74) is 0. The maximum Gasteiger partial charge on any atom is 0.100 e. The van der Waals surface area contributed by atoms with Crippen molar-refractivity contribution in [3.63, 3.8) is 0 Å². The molecule has 2 aliphatic rings. The highest BCUT2D eigenvalue weighted by Gasteiger charge is 2.28. The van der Waals surface area contributed by atoms with E-state index in [2.05, 4.69) is 6.92 Å². The first-order valence-corrected chi connectivity index (χ1v) is 6.74. The predicted molar refractivity (Wildman–Crippen MR) is 60.9 cm³/mol. The highest BCUT2D eigenvalue weighted by atomic mass is 19.1. The van der Waals surface area contributed by atoms with Gasteiger partial charge in [-0.05, 0) is 51.9 Å². The Bertz CT molecular complexity index is 187. The summed E-state index contributed by atoms with van der Waals surface area (Å²) in [5, 5.41) is 0. The molecule has 0 radical (unpaired) electrons. The standard InChI is InChI=1S/C13H24FN/c1-11-4-2-3-9-15(11)10-12-5-7-13(14)8-6-12/h11-13H,2-10H2,1H3/p+1. The van der Waals surface area contributed by atoms with E-state index in [1.54, 1.807) is 4.90 Å². The van der Waals surface area contributed by atoms with Crippen LogP contribution < -0.4 is 4.90 Å². The SMILES string of the molecule is CC1CCCC[NH+]1CC1CCC(F)CC1. The van der Waals surface area contributed by atoms with Crippen LogP contribution in [0, 0.1) is 5.92 Å². The summed E-state index contributed by atoms with van der Waals surface area (Å²) in [6.45, 7) is 5.06. The predicted octanol–water partition coefficient (Wildman–Crippen LogP) is 1.97. The van der Waals surface area contributed by atoms with E-state index in [4.69, 9.17) is 0 Å². The normalized spacial score (nSPS) is 42.8. The fraction of sp³-hybridized carbons (Fsp3) is 1.00. The summed E-state index contributed by atoms with van der Waals surface area (Å²) in [6.07, 6.45) is 7.65. The van der Waals surface area contributed by atoms with Crippen molar-refractivity contribution in [3.8, 4) is 0 Å². The third kappa shape index (κ3) is 3.17. The molecule has 1 saturated carbocycles. The molecule has 88 valence electrons. The van der Waals surface area contributed by atoms with Gasteiger partial charge in [0.25, 0.3) is 0 Å². The van der Waals surface area contributed by atoms with Gasteiger partial charge in [0.15, 0.2) is 0 Å². The van der Waals surface area contributed by atoms with Crippen molar-refractivity contribution >= 4 is 0 Å². The zero-order valence-electron chi connectivity index (χ0n) is 9.97. The molecule has 1 saturated heterocycles. The molecule has 0 aromatic heterocycles. The Kier molecular flexibility index (Phi) is 4.01. The first-order valence-electron chi connectivity index (χ1n) is 6.74. The minimum atomic E-state index is -0.491. The van der Waals surface area contributed by atoms with E-state index in [0.29, 0.717) is 0 Å². The minimum absolute atomic E-state index is 0.491. The van der Waals surface area contributed by atoms with Crippen molar-refractivity contribution in [2.45, 2.75) is 64.1 Å². The lowest BCUT2D eigenvalue weighted by Crippen LogP contribution is -3.16. The Hall–Kier alpha value is -0.110. The highest BCUT2D eigenvalue weighted by molar-refractivity contribution is 4.71.